The molecule has 1 amide bonds. The molecule has 0 N–H and O–H groups in total. The molecule has 1 unspecified atom stereocenters. The van der Waals surface area contributed by atoms with Gasteiger partial charge in [0.2, 0.25) is 0 Å². The van der Waals surface area contributed by atoms with Gasteiger partial charge in [0.15, 0.2) is 5.76 Å². The highest BCUT2D eigenvalue weighted by atomic mass is 19.1. The molecule has 1 aromatic carbocycles. The van der Waals surface area contributed by atoms with Gasteiger partial charge in [-0.2, -0.15) is 5.10 Å². The summed E-state index contributed by atoms with van der Waals surface area (Å²) in [5, 5.41) is 4.28. The van der Waals surface area contributed by atoms with E-state index >= 15 is 0 Å². The van der Waals surface area contributed by atoms with E-state index in [4.69, 9.17) is 4.42 Å². The number of amides is 1. The second-order valence-electron chi connectivity index (χ2n) is 6.20. The summed E-state index contributed by atoms with van der Waals surface area (Å²) in [6.45, 7) is 1.33. The van der Waals surface area contributed by atoms with Gasteiger partial charge in [-0.3, -0.25) is 9.48 Å². The molecule has 0 saturated carbocycles. The molecule has 3 aromatic rings. The minimum Gasteiger partial charge on any atom is -0.451 e. The number of nitrogens with zero attached hydrogens (tertiary/aromatic N) is 3. The molecule has 128 valence electrons. The molecular weight excluding hydrogens is 321 g/mol. The van der Waals surface area contributed by atoms with Gasteiger partial charge in [-0.1, -0.05) is 0 Å². The maximum atomic E-state index is 13.0. The SMILES string of the molecule is O=C(c1ccc(-c2ccc(F)cc2)o1)N1CCCC(n2cccn2)C1. The van der Waals surface area contributed by atoms with Gasteiger partial charge in [0.05, 0.1) is 6.04 Å². The fraction of sp³-hybridized carbons (Fsp3) is 0.263. The molecule has 1 saturated heterocycles. The van der Waals surface area contributed by atoms with Gasteiger partial charge >= 0.3 is 0 Å². The summed E-state index contributed by atoms with van der Waals surface area (Å²) in [5.41, 5.74) is 0.744. The number of aromatic nitrogens is 2. The normalized spacial score (nSPS) is 17.6. The minimum atomic E-state index is -0.301. The molecule has 3 heterocycles. The summed E-state index contributed by atoms with van der Waals surface area (Å²) in [6, 6.07) is 11.5. The number of rotatable bonds is 3. The number of hydrogen-bond donors (Lipinski definition) is 0. The largest absolute Gasteiger partial charge is 0.451 e. The van der Waals surface area contributed by atoms with Gasteiger partial charge in [-0.05, 0) is 55.3 Å². The summed E-state index contributed by atoms with van der Waals surface area (Å²) in [7, 11) is 0. The summed E-state index contributed by atoms with van der Waals surface area (Å²) in [4.78, 5) is 14.6. The average Bonchev–Trinajstić information content (AvgIpc) is 3.34. The third-order valence-corrected chi connectivity index (χ3v) is 4.53. The lowest BCUT2D eigenvalue weighted by atomic mass is 10.1. The van der Waals surface area contributed by atoms with Gasteiger partial charge in [0.1, 0.15) is 11.6 Å². The van der Waals surface area contributed by atoms with E-state index in [1.807, 2.05) is 21.8 Å². The Balaban J connectivity index is 1.50. The van der Waals surface area contributed by atoms with Crippen LogP contribution in [0.1, 0.15) is 29.4 Å². The highest BCUT2D eigenvalue weighted by Gasteiger charge is 2.27. The Kier molecular flexibility index (Phi) is 4.09. The molecule has 1 fully saturated rings. The van der Waals surface area contributed by atoms with Crippen LogP contribution in [0.3, 0.4) is 0 Å². The van der Waals surface area contributed by atoms with Crippen LogP contribution in [0, 0.1) is 5.82 Å². The average molecular weight is 339 g/mol. The van der Waals surface area contributed by atoms with Crippen molar-refractivity contribution >= 4 is 5.91 Å². The summed E-state index contributed by atoms with van der Waals surface area (Å²) in [6.07, 6.45) is 5.62. The second kappa shape index (κ2) is 6.55. The molecule has 6 heteroatoms. The first-order valence-corrected chi connectivity index (χ1v) is 8.35. The Morgan fingerprint density at radius 1 is 1.20 bits per heavy atom. The molecular formula is C19H18FN3O2. The molecule has 5 nitrogen and oxygen atoms in total. The van der Waals surface area contributed by atoms with E-state index in [1.54, 1.807) is 30.5 Å². The fourth-order valence-electron chi connectivity index (χ4n) is 3.23. The van der Waals surface area contributed by atoms with E-state index in [2.05, 4.69) is 5.10 Å². The zero-order chi connectivity index (χ0) is 17.2. The van der Waals surface area contributed by atoms with Crippen LogP contribution < -0.4 is 0 Å². The van der Waals surface area contributed by atoms with Crippen molar-refractivity contribution in [3.8, 4) is 11.3 Å². The molecule has 0 bridgehead atoms. The van der Waals surface area contributed by atoms with Crippen LogP contribution in [0.2, 0.25) is 0 Å². The van der Waals surface area contributed by atoms with Gasteiger partial charge in [0.25, 0.3) is 5.91 Å². The monoisotopic (exact) mass is 339 g/mol. The number of likely N-dealkylation sites (tertiary alicyclic amines) is 1. The Bertz CT molecular complexity index is 855. The zero-order valence-corrected chi connectivity index (χ0v) is 13.6. The Labute approximate surface area is 144 Å². The molecule has 2 aromatic heterocycles. The van der Waals surface area contributed by atoms with E-state index < -0.39 is 0 Å². The van der Waals surface area contributed by atoms with Crippen molar-refractivity contribution in [2.75, 3.05) is 13.1 Å². The van der Waals surface area contributed by atoms with E-state index in [-0.39, 0.29) is 17.8 Å². The van der Waals surface area contributed by atoms with Crippen LogP contribution in [0.15, 0.2) is 59.3 Å². The molecule has 0 aliphatic carbocycles. The first-order chi connectivity index (χ1) is 12.2. The first kappa shape index (κ1) is 15.6. The number of piperidine rings is 1. The van der Waals surface area contributed by atoms with Crippen LogP contribution in [-0.2, 0) is 0 Å². The molecule has 1 aliphatic heterocycles. The lowest BCUT2D eigenvalue weighted by molar-refractivity contribution is 0.0642. The quantitative estimate of drug-likeness (QED) is 0.730. The maximum absolute atomic E-state index is 13.0. The highest BCUT2D eigenvalue weighted by Crippen LogP contribution is 2.26. The number of furan rings is 1. The molecule has 0 spiro atoms. The molecule has 4 rings (SSSR count). The Hall–Kier alpha value is -2.89. The molecule has 25 heavy (non-hydrogen) atoms. The van der Waals surface area contributed by atoms with Crippen LogP contribution in [0.4, 0.5) is 4.39 Å². The number of benzene rings is 1. The summed E-state index contributed by atoms with van der Waals surface area (Å²) in [5.74, 6) is 0.444. The topological polar surface area (TPSA) is 51.3 Å². The Morgan fingerprint density at radius 2 is 2.04 bits per heavy atom. The van der Waals surface area contributed by atoms with Crippen LogP contribution in [0.5, 0.6) is 0 Å². The van der Waals surface area contributed by atoms with Crippen molar-refractivity contribution in [3.63, 3.8) is 0 Å². The smallest absolute Gasteiger partial charge is 0.289 e. The molecule has 1 aliphatic rings. The zero-order valence-electron chi connectivity index (χ0n) is 13.6. The van der Waals surface area contributed by atoms with Gasteiger partial charge in [-0.15, -0.1) is 0 Å². The third kappa shape index (κ3) is 3.20. The molecule has 1 atom stereocenters. The van der Waals surface area contributed by atoms with Gasteiger partial charge < -0.3 is 9.32 Å². The third-order valence-electron chi connectivity index (χ3n) is 4.53. The van der Waals surface area contributed by atoms with Crippen molar-refractivity contribution in [2.45, 2.75) is 18.9 Å². The predicted octanol–water partition coefficient (Wildman–Crippen LogP) is 3.76. The van der Waals surface area contributed by atoms with Gasteiger partial charge in [-0.25, -0.2) is 4.39 Å². The van der Waals surface area contributed by atoms with Gasteiger partial charge in [0, 0.05) is 31.0 Å². The standard InChI is InChI=1S/C19H18FN3O2/c20-15-6-4-14(5-7-15)17-8-9-18(25-17)19(24)22-11-1-3-16(13-22)23-12-2-10-21-23/h2,4-10,12,16H,1,3,11,13H2. The Morgan fingerprint density at radius 3 is 2.80 bits per heavy atom. The number of carbonyl (C=O) groups is 1. The lowest BCUT2D eigenvalue weighted by Crippen LogP contribution is -2.40. The predicted molar refractivity (Wildman–Crippen MR) is 90.5 cm³/mol. The number of hydrogen-bond acceptors (Lipinski definition) is 3. The maximum Gasteiger partial charge on any atom is 0.289 e. The summed E-state index contributed by atoms with van der Waals surface area (Å²) < 4.78 is 20.7. The number of carbonyl (C=O) groups excluding carboxylic acids is 1. The van der Waals surface area contributed by atoms with Crippen molar-refractivity contribution in [1.29, 1.82) is 0 Å². The summed E-state index contributed by atoms with van der Waals surface area (Å²) >= 11 is 0. The highest BCUT2D eigenvalue weighted by molar-refractivity contribution is 5.92. The number of halogens is 1. The van der Waals surface area contributed by atoms with Crippen LogP contribution >= 0.6 is 0 Å². The van der Waals surface area contributed by atoms with Crippen molar-refractivity contribution in [2.24, 2.45) is 0 Å². The van der Waals surface area contributed by atoms with Crippen LogP contribution in [-0.4, -0.2) is 33.7 Å². The van der Waals surface area contributed by atoms with E-state index in [9.17, 15) is 9.18 Å². The van der Waals surface area contributed by atoms with E-state index in [0.717, 1.165) is 18.4 Å². The van der Waals surface area contributed by atoms with Crippen molar-refractivity contribution < 1.29 is 13.6 Å². The fourth-order valence-corrected chi connectivity index (χ4v) is 3.23. The lowest BCUT2D eigenvalue weighted by Gasteiger charge is -2.32. The van der Waals surface area contributed by atoms with Crippen molar-refractivity contribution in [3.05, 3.63) is 66.4 Å². The minimum absolute atomic E-state index is 0.120. The molecule has 0 radical (unpaired) electrons. The second-order valence-corrected chi connectivity index (χ2v) is 6.20. The van der Waals surface area contributed by atoms with Crippen molar-refractivity contribution in [1.82, 2.24) is 14.7 Å². The first-order valence-electron chi connectivity index (χ1n) is 8.35. The van der Waals surface area contributed by atoms with E-state index in [0.29, 0.717) is 24.6 Å². The van der Waals surface area contributed by atoms with Crippen LogP contribution in [0.25, 0.3) is 11.3 Å². The van der Waals surface area contributed by atoms with E-state index in [1.165, 1.54) is 12.1 Å².